The molecule has 0 saturated heterocycles. The number of nitrogens with zero attached hydrogens (tertiary/aromatic N) is 1. The van der Waals surface area contributed by atoms with E-state index >= 15 is 0 Å². The first-order chi connectivity index (χ1) is 9.72. The second-order valence-corrected chi connectivity index (χ2v) is 6.81. The van der Waals surface area contributed by atoms with Crippen LogP contribution in [0.5, 0.6) is 0 Å². The van der Waals surface area contributed by atoms with E-state index in [1.165, 1.54) is 37.0 Å². The zero-order valence-corrected chi connectivity index (χ0v) is 12.4. The van der Waals surface area contributed by atoms with E-state index in [1.54, 1.807) is 0 Å². The average molecular weight is 292 g/mol. The summed E-state index contributed by atoms with van der Waals surface area (Å²) in [6, 6.07) is 0. The van der Waals surface area contributed by atoms with Crippen LogP contribution in [0.15, 0.2) is 0 Å². The van der Waals surface area contributed by atoms with Gasteiger partial charge in [0, 0.05) is 12.8 Å². The number of hydrogen-bond acceptors (Lipinski definition) is 4. The Morgan fingerprint density at radius 1 is 1.25 bits per heavy atom. The summed E-state index contributed by atoms with van der Waals surface area (Å²) >= 11 is 1.34. The Morgan fingerprint density at radius 3 is 2.80 bits per heavy atom. The van der Waals surface area contributed by atoms with Crippen LogP contribution in [-0.4, -0.2) is 16.7 Å². The Morgan fingerprint density at radius 2 is 2.05 bits per heavy atom. The summed E-state index contributed by atoms with van der Waals surface area (Å²) in [4.78, 5) is 28.8. The molecule has 4 nitrogen and oxygen atoms in total. The van der Waals surface area contributed by atoms with Gasteiger partial charge in [-0.25, -0.2) is 4.98 Å². The van der Waals surface area contributed by atoms with E-state index in [4.69, 9.17) is 0 Å². The molecule has 20 heavy (non-hydrogen) atoms. The smallest absolute Gasteiger partial charge is 0.226 e. The molecule has 1 fully saturated rings. The van der Waals surface area contributed by atoms with Gasteiger partial charge in [0.15, 0.2) is 10.9 Å². The maximum Gasteiger partial charge on any atom is 0.226 e. The molecule has 0 atom stereocenters. The number of carbonyl (C=O) groups excluding carboxylic acids is 2. The minimum absolute atomic E-state index is 0.0374. The third kappa shape index (κ3) is 3.08. The van der Waals surface area contributed by atoms with Gasteiger partial charge in [0.1, 0.15) is 0 Å². The van der Waals surface area contributed by atoms with Gasteiger partial charge in [-0.15, -0.1) is 0 Å². The van der Waals surface area contributed by atoms with Crippen molar-refractivity contribution in [3.63, 3.8) is 0 Å². The van der Waals surface area contributed by atoms with E-state index in [0.717, 1.165) is 35.8 Å². The zero-order chi connectivity index (χ0) is 13.9. The predicted molar refractivity (Wildman–Crippen MR) is 79.2 cm³/mol. The molecule has 108 valence electrons. The SMILES string of the molecule is O=C(CCC1CCCC1)Nc1nc2c(s1)C(=O)CCC2. The molecule has 0 radical (unpaired) electrons. The van der Waals surface area contributed by atoms with Crippen LogP contribution in [-0.2, 0) is 11.2 Å². The molecule has 2 aliphatic carbocycles. The van der Waals surface area contributed by atoms with Crippen LogP contribution in [0.25, 0.3) is 0 Å². The first-order valence-corrected chi connectivity index (χ1v) is 8.37. The highest BCUT2D eigenvalue weighted by atomic mass is 32.1. The number of anilines is 1. The maximum atomic E-state index is 11.9. The van der Waals surface area contributed by atoms with Gasteiger partial charge in [0.2, 0.25) is 5.91 Å². The molecular weight excluding hydrogens is 272 g/mol. The fourth-order valence-electron chi connectivity index (χ4n) is 3.14. The van der Waals surface area contributed by atoms with Crippen molar-refractivity contribution in [3.8, 4) is 0 Å². The molecule has 1 heterocycles. The molecule has 0 aromatic carbocycles. The minimum atomic E-state index is 0.0374. The maximum absolute atomic E-state index is 11.9. The van der Waals surface area contributed by atoms with Crippen LogP contribution in [0, 0.1) is 5.92 Å². The topological polar surface area (TPSA) is 59.1 Å². The number of carbonyl (C=O) groups is 2. The van der Waals surface area contributed by atoms with E-state index < -0.39 is 0 Å². The van der Waals surface area contributed by atoms with E-state index in [1.807, 2.05) is 0 Å². The number of fused-ring (bicyclic) bond motifs is 1. The lowest BCUT2D eigenvalue weighted by molar-refractivity contribution is -0.116. The summed E-state index contributed by atoms with van der Waals surface area (Å²) in [5, 5.41) is 3.46. The van der Waals surface area contributed by atoms with Gasteiger partial charge in [0.05, 0.1) is 10.6 Å². The van der Waals surface area contributed by atoms with Gasteiger partial charge >= 0.3 is 0 Å². The Kier molecular flexibility index (Phi) is 4.15. The number of thiazole rings is 1. The molecule has 1 saturated carbocycles. The molecule has 1 aromatic rings. The van der Waals surface area contributed by atoms with Crippen LogP contribution >= 0.6 is 11.3 Å². The second kappa shape index (κ2) is 6.04. The lowest BCUT2D eigenvalue weighted by Gasteiger charge is -2.07. The number of ketones is 1. The Hall–Kier alpha value is -1.23. The summed E-state index contributed by atoms with van der Waals surface area (Å²) in [7, 11) is 0. The first kappa shape index (κ1) is 13.7. The number of rotatable bonds is 4. The predicted octanol–water partition coefficient (Wildman–Crippen LogP) is 3.57. The van der Waals surface area contributed by atoms with Crippen LogP contribution in [0.2, 0.25) is 0 Å². The normalized spacial score (nSPS) is 19.1. The molecule has 0 bridgehead atoms. The van der Waals surface area contributed by atoms with Gasteiger partial charge in [-0.2, -0.15) is 0 Å². The highest BCUT2D eigenvalue weighted by molar-refractivity contribution is 7.17. The lowest BCUT2D eigenvalue weighted by atomic mass is 10.0. The summed E-state index contributed by atoms with van der Waals surface area (Å²) in [6.45, 7) is 0. The number of aryl methyl sites for hydroxylation is 1. The van der Waals surface area contributed by atoms with Crippen molar-refractivity contribution in [1.82, 2.24) is 4.98 Å². The second-order valence-electron chi connectivity index (χ2n) is 5.81. The molecule has 1 N–H and O–H groups in total. The number of Topliss-reactive ketones (excluding diaryl/α,β-unsaturated/α-hetero) is 1. The van der Waals surface area contributed by atoms with Crippen LogP contribution in [0.3, 0.4) is 0 Å². The van der Waals surface area contributed by atoms with Crippen molar-refractivity contribution >= 4 is 28.2 Å². The largest absolute Gasteiger partial charge is 0.302 e. The first-order valence-electron chi connectivity index (χ1n) is 7.55. The van der Waals surface area contributed by atoms with E-state index in [-0.39, 0.29) is 11.7 Å². The summed E-state index contributed by atoms with van der Waals surface area (Å²) in [5.41, 5.74) is 0.873. The van der Waals surface area contributed by atoms with E-state index in [0.29, 0.717) is 18.0 Å². The minimum Gasteiger partial charge on any atom is -0.302 e. The number of hydrogen-bond donors (Lipinski definition) is 1. The molecule has 3 rings (SSSR count). The fraction of sp³-hybridized carbons (Fsp3) is 0.667. The molecule has 0 unspecified atom stereocenters. The molecule has 0 spiro atoms. The number of amides is 1. The molecule has 5 heteroatoms. The van der Waals surface area contributed by atoms with Gasteiger partial charge in [-0.1, -0.05) is 37.0 Å². The van der Waals surface area contributed by atoms with Gasteiger partial charge in [-0.05, 0) is 25.2 Å². The number of nitrogens with one attached hydrogen (secondary N) is 1. The fourth-order valence-corrected chi connectivity index (χ4v) is 4.13. The quantitative estimate of drug-likeness (QED) is 0.923. The highest BCUT2D eigenvalue weighted by Gasteiger charge is 2.23. The summed E-state index contributed by atoms with van der Waals surface area (Å²) in [5.74, 6) is 0.942. The molecular formula is C15H20N2O2S. The Balaban J connectivity index is 1.54. The summed E-state index contributed by atoms with van der Waals surface area (Å²) in [6.07, 6.45) is 9.07. The van der Waals surface area contributed by atoms with E-state index in [9.17, 15) is 9.59 Å². The van der Waals surface area contributed by atoms with Crippen molar-refractivity contribution in [2.45, 2.75) is 57.8 Å². The Labute approximate surface area is 123 Å². The third-order valence-electron chi connectivity index (χ3n) is 4.27. The van der Waals surface area contributed by atoms with Crippen molar-refractivity contribution in [1.29, 1.82) is 0 Å². The van der Waals surface area contributed by atoms with Crippen molar-refractivity contribution in [3.05, 3.63) is 10.6 Å². The zero-order valence-electron chi connectivity index (χ0n) is 11.6. The lowest BCUT2D eigenvalue weighted by Crippen LogP contribution is -2.12. The van der Waals surface area contributed by atoms with Gasteiger partial charge in [-0.3, -0.25) is 9.59 Å². The van der Waals surface area contributed by atoms with Gasteiger partial charge < -0.3 is 5.32 Å². The van der Waals surface area contributed by atoms with Crippen LogP contribution in [0.1, 0.15) is 66.7 Å². The van der Waals surface area contributed by atoms with Crippen molar-refractivity contribution in [2.75, 3.05) is 5.32 Å². The number of aromatic nitrogens is 1. The molecule has 1 aromatic heterocycles. The highest BCUT2D eigenvalue weighted by Crippen LogP contribution is 2.31. The standard InChI is InChI=1S/C15H20N2O2S/c18-12-7-3-6-11-14(12)20-15(16-11)17-13(19)9-8-10-4-1-2-5-10/h10H,1-9H2,(H,16,17,19). The average Bonchev–Trinajstić information content (AvgIpc) is 3.05. The van der Waals surface area contributed by atoms with E-state index in [2.05, 4.69) is 10.3 Å². The van der Waals surface area contributed by atoms with Crippen molar-refractivity contribution < 1.29 is 9.59 Å². The van der Waals surface area contributed by atoms with Gasteiger partial charge in [0.25, 0.3) is 0 Å². The monoisotopic (exact) mass is 292 g/mol. The molecule has 0 aliphatic heterocycles. The third-order valence-corrected chi connectivity index (χ3v) is 5.32. The Bertz CT molecular complexity index is 518. The van der Waals surface area contributed by atoms with Crippen LogP contribution < -0.4 is 5.32 Å². The molecule has 2 aliphatic rings. The van der Waals surface area contributed by atoms with Crippen molar-refractivity contribution in [2.24, 2.45) is 5.92 Å². The summed E-state index contributed by atoms with van der Waals surface area (Å²) < 4.78 is 0. The molecule has 1 amide bonds. The van der Waals surface area contributed by atoms with Crippen LogP contribution in [0.4, 0.5) is 5.13 Å².